The van der Waals surface area contributed by atoms with Crippen molar-refractivity contribution < 1.29 is 27.5 Å². The Morgan fingerprint density at radius 3 is 2.60 bits per heavy atom. The van der Waals surface area contributed by atoms with Crippen molar-refractivity contribution in [2.24, 2.45) is 5.73 Å². The van der Waals surface area contributed by atoms with Gasteiger partial charge in [-0.2, -0.15) is 4.31 Å². The number of amides is 2. The van der Waals surface area contributed by atoms with Gasteiger partial charge in [0.1, 0.15) is 10.6 Å². The summed E-state index contributed by atoms with van der Waals surface area (Å²) in [6, 6.07) is 10.3. The lowest BCUT2D eigenvalue weighted by Gasteiger charge is -2.26. The number of halogens is 1. The molecule has 0 radical (unpaired) electrons. The second kappa shape index (κ2) is 9.43. The summed E-state index contributed by atoms with van der Waals surface area (Å²) in [7, 11) is -3.82. The van der Waals surface area contributed by atoms with Gasteiger partial charge in [0.05, 0.1) is 18.2 Å². The number of primary amides is 1. The number of benzene rings is 2. The molecule has 0 aromatic heterocycles. The molecule has 0 spiro atoms. The lowest BCUT2D eigenvalue weighted by atomic mass is 10.2. The zero-order valence-corrected chi connectivity index (χ0v) is 17.4. The molecule has 30 heavy (non-hydrogen) atoms. The van der Waals surface area contributed by atoms with Crippen molar-refractivity contribution in [3.63, 3.8) is 0 Å². The first kappa shape index (κ1) is 22.0. The molecule has 2 amide bonds. The van der Waals surface area contributed by atoms with Gasteiger partial charge in [0.25, 0.3) is 5.91 Å². The van der Waals surface area contributed by atoms with E-state index in [1.54, 1.807) is 12.1 Å². The van der Waals surface area contributed by atoms with Gasteiger partial charge < -0.3 is 20.5 Å². The molecule has 11 heteroatoms. The maximum absolute atomic E-state index is 12.9. The quantitative estimate of drug-likeness (QED) is 0.653. The van der Waals surface area contributed by atoms with E-state index < -0.39 is 21.8 Å². The van der Waals surface area contributed by atoms with Gasteiger partial charge >= 0.3 is 0 Å². The molecule has 1 aliphatic rings. The van der Waals surface area contributed by atoms with E-state index in [4.69, 9.17) is 26.8 Å². The Hall–Kier alpha value is -2.66. The highest BCUT2D eigenvalue weighted by atomic mass is 35.5. The number of sulfonamides is 1. The highest BCUT2D eigenvalue weighted by Gasteiger charge is 2.28. The summed E-state index contributed by atoms with van der Waals surface area (Å²) in [4.78, 5) is 23.3. The fourth-order valence-electron chi connectivity index (χ4n) is 2.79. The molecule has 0 saturated carbocycles. The third-order valence-corrected chi connectivity index (χ3v) is 6.67. The molecule has 0 atom stereocenters. The Labute approximate surface area is 178 Å². The Balaban J connectivity index is 1.68. The Morgan fingerprint density at radius 1 is 1.17 bits per heavy atom. The van der Waals surface area contributed by atoms with Crippen LogP contribution in [0.1, 0.15) is 10.4 Å². The summed E-state index contributed by atoms with van der Waals surface area (Å²) in [5.74, 6) is -0.829. The number of nitrogens with zero attached hydrogens (tertiary/aromatic N) is 1. The Kier molecular flexibility index (Phi) is 6.93. The van der Waals surface area contributed by atoms with Gasteiger partial charge in [0.15, 0.2) is 6.61 Å². The average Bonchev–Trinajstić information content (AvgIpc) is 2.74. The van der Waals surface area contributed by atoms with Crippen molar-refractivity contribution in [1.82, 2.24) is 4.31 Å². The van der Waals surface area contributed by atoms with Gasteiger partial charge in [-0.05, 0) is 36.4 Å². The number of ether oxygens (including phenoxy) is 2. The fraction of sp³-hybridized carbons (Fsp3) is 0.263. The average molecular weight is 454 g/mol. The Bertz CT molecular complexity index is 1050. The van der Waals surface area contributed by atoms with Crippen LogP contribution in [0, 0.1) is 0 Å². The summed E-state index contributed by atoms with van der Waals surface area (Å²) < 4.78 is 37.5. The molecule has 1 aliphatic heterocycles. The van der Waals surface area contributed by atoms with Crippen molar-refractivity contribution in [2.75, 3.05) is 38.2 Å². The first-order valence-electron chi connectivity index (χ1n) is 8.97. The van der Waals surface area contributed by atoms with Crippen LogP contribution in [0.15, 0.2) is 47.4 Å². The monoisotopic (exact) mass is 453 g/mol. The van der Waals surface area contributed by atoms with E-state index in [0.29, 0.717) is 19.0 Å². The molecule has 2 aromatic carbocycles. The van der Waals surface area contributed by atoms with Crippen molar-refractivity contribution >= 4 is 39.1 Å². The van der Waals surface area contributed by atoms with E-state index in [2.05, 4.69) is 5.32 Å². The molecule has 0 unspecified atom stereocenters. The predicted molar refractivity (Wildman–Crippen MR) is 110 cm³/mol. The lowest BCUT2D eigenvalue weighted by Crippen LogP contribution is -2.40. The minimum Gasteiger partial charge on any atom is -0.484 e. The van der Waals surface area contributed by atoms with E-state index >= 15 is 0 Å². The summed E-state index contributed by atoms with van der Waals surface area (Å²) >= 11 is 6.11. The van der Waals surface area contributed by atoms with Crippen LogP contribution < -0.4 is 15.8 Å². The van der Waals surface area contributed by atoms with Crippen molar-refractivity contribution in [3.05, 3.63) is 53.1 Å². The van der Waals surface area contributed by atoms with Crippen LogP contribution in [-0.4, -0.2) is 57.4 Å². The van der Waals surface area contributed by atoms with Crippen LogP contribution in [0.25, 0.3) is 0 Å². The normalized spacial score (nSPS) is 14.8. The molecule has 160 valence electrons. The van der Waals surface area contributed by atoms with Gasteiger partial charge in [0.2, 0.25) is 15.9 Å². The first-order chi connectivity index (χ1) is 14.3. The molecular formula is C19H20ClN3O6S. The van der Waals surface area contributed by atoms with Crippen LogP contribution in [0.2, 0.25) is 5.02 Å². The van der Waals surface area contributed by atoms with Gasteiger partial charge in [-0.15, -0.1) is 0 Å². The maximum Gasteiger partial charge on any atom is 0.262 e. The molecule has 9 nitrogen and oxygen atoms in total. The third kappa shape index (κ3) is 5.28. The summed E-state index contributed by atoms with van der Waals surface area (Å²) in [5.41, 5.74) is 5.72. The highest BCUT2D eigenvalue weighted by Crippen LogP contribution is 2.28. The van der Waals surface area contributed by atoms with Gasteiger partial charge in [-0.1, -0.05) is 17.7 Å². The summed E-state index contributed by atoms with van der Waals surface area (Å²) in [6.45, 7) is 0.723. The van der Waals surface area contributed by atoms with Crippen molar-refractivity contribution in [2.45, 2.75) is 4.90 Å². The van der Waals surface area contributed by atoms with Gasteiger partial charge in [-0.25, -0.2) is 8.42 Å². The number of nitrogens with two attached hydrogens (primary N) is 1. The number of carbonyl (C=O) groups excluding carboxylic acids is 2. The topological polar surface area (TPSA) is 128 Å². The zero-order valence-electron chi connectivity index (χ0n) is 15.8. The zero-order chi connectivity index (χ0) is 21.7. The van der Waals surface area contributed by atoms with E-state index in [1.165, 1.54) is 34.6 Å². The molecule has 1 heterocycles. The second-order valence-corrected chi connectivity index (χ2v) is 8.70. The SMILES string of the molecule is NC(=O)c1cccc(OCC(=O)Nc2ccc(Cl)c(S(=O)(=O)N3CCOCC3)c2)c1. The number of morpholine rings is 1. The highest BCUT2D eigenvalue weighted by molar-refractivity contribution is 7.89. The molecule has 3 N–H and O–H groups in total. The summed E-state index contributed by atoms with van der Waals surface area (Å²) in [5, 5.41) is 2.62. The molecule has 1 saturated heterocycles. The smallest absolute Gasteiger partial charge is 0.262 e. The minimum absolute atomic E-state index is 0.0546. The largest absolute Gasteiger partial charge is 0.484 e. The second-order valence-electron chi connectivity index (χ2n) is 6.39. The maximum atomic E-state index is 12.9. The van der Waals surface area contributed by atoms with E-state index in [0.717, 1.165) is 0 Å². The lowest BCUT2D eigenvalue weighted by molar-refractivity contribution is -0.118. The van der Waals surface area contributed by atoms with E-state index in [9.17, 15) is 18.0 Å². The standard InChI is InChI=1S/C19H20ClN3O6S/c20-16-5-4-14(11-17(16)30(26,27)23-6-8-28-9-7-23)22-18(24)12-29-15-3-1-2-13(10-15)19(21)25/h1-5,10-11H,6-9,12H2,(H2,21,25)(H,22,24). The first-order valence-corrected chi connectivity index (χ1v) is 10.8. The van der Waals surface area contributed by atoms with Crippen LogP contribution in [0.5, 0.6) is 5.75 Å². The minimum atomic E-state index is -3.82. The number of anilines is 1. The molecule has 2 aromatic rings. The van der Waals surface area contributed by atoms with E-state index in [-0.39, 0.29) is 40.9 Å². The fourth-order valence-corrected chi connectivity index (χ4v) is 4.70. The number of nitrogens with one attached hydrogen (secondary N) is 1. The van der Waals surface area contributed by atoms with Crippen molar-refractivity contribution in [3.8, 4) is 5.75 Å². The predicted octanol–water partition coefficient (Wildman–Crippen LogP) is 1.48. The Morgan fingerprint density at radius 2 is 1.90 bits per heavy atom. The van der Waals surface area contributed by atoms with Gasteiger partial charge in [-0.3, -0.25) is 9.59 Å². The van der Waals surface area contributed by atoms with Crippen LogP contribution in [-0.2, 0) is 19.6 Å². The van der Waals surface area contributed by atoms with Crippen LogP contribution in [0.4, 0.5) is 5.69 Å². The number of hydrogen-bond donors (Lipinski definition) is 2. The van der Waals surface area contributed by atoms with Crippen molar-refractivity contribution in [1.29, 1.82) is 0 Å². The number of carbonyl (C=O) groups is 2. The molecule has 1 fully saturated rings. The van der Waals surface area contributed by atoms with Gasteiger partial charge in [0, 0.05) is 24.3 Å². The number of rotatable bonds is 7. The van der Waals surface area contributed by atoms with E-state index in [1.807, 2.05) is 0 Å². The number of hydrogen-bond acceptors (Lipinski definition) is 6. The van der Waals surface area contributed by atoms with Crippen LogP contribution in [0.3, 0.4) is 0 Å². The molecule has 0 bridgehead atoms. The third-order valence-electron chi connectivity index (χ3n) is 4.29. The van der Waals surface area contributed by atoms with Crippen LogP contribution >= 0.6 is 11.6 Å². The molecule has 3 rings (SSSR count). The molecule has 0 aliphatic carbocycles. The summed E-state index contributed by atoms with van der Waals surface area (Å²) in [6.07, 6.45) is 0. The molecular weight excluding hydrogens is 434 g/mol.